The van der Waals surface area contributed by atoms with Crippen LogP contribution in [0.2, 0.25) is 0 Å². The molecule has 0 saturated carbocycles. The number of methoxy groups -OCH3 is 1. The third-order valence-corrected chi connectivity index (χ3v) is 4.67. The van der Waals surface area contributed by atoms with Crippen molar-refractivity contribution in [2.24, 2.45) is 5.92 Å². The summed E-state index contributed by atoms with van der Waals surface area (Å²) in [5, 5.41) is 5.17. The van der Waals surface area contributed by atoms with Crippen molar-refractivity contribution >= 4 is 28.2 Å². The highest BCUT2D eigenvalue weighted by Gasteiger charge is 2.28. The van der Waals surface area contributed by atoms with E-state index in [1.165, 1.54) is 18.4 Å². The molecular formula is C15H17N3O3S. The Hall–Kier alpha value is -2.15. The first kappa shape index (κ1) is 14.8. The van der Waals surface area contributed by atoms with Gasteiger partial charge in [-0.1, -0.05) is 0 Å². The number of carbonyl (C=O) groups is 2. The van der Waals surface area contributed by atoms with Crippen molar-refractivity contribution in [3.8, 4) is 0 Å². The van der Waals surface area contributed by atoms with Gasteiger partial charge < -0.3 is 15.0 Å². The maximum absolute atomic E-state index is 12.5. The van der Waals surface area contributed by atoms with Gasteiger partial charge in [0, 0.05) is 18.0 Å². The zero-order chi connectivity index (χ0) is 15.7. The number of imidazole rings is 1. The van der Waals surface area contributed by atoms with Gasteiger partial charge in [0.1, 0.15) is 10.8 Å². The second-order valence-corrected chi connectivity index (χ2v) is 6.25. The highest BCUT2D eigenvalue weighted by Crippen LogP contribution is 2.28. The lowest BCUT2D eigenvalue weighted by Crippen LogP contribution is -2.28. The van der Waals surface area contributed by atoms with Crippen LogP contribution < -0.4 is 5.32 Å². The monoisotopic (exact) mass is 319 g/mol. The molecule has 1 amide bonds. The largest absolute Gasteiger partial charge is 0.465 e. The molecule has 2 aromatic heterocycles. The van der Waals surface area contributed by atoms with Crippen LogP contribution in [-0.2, 0) is 22.4 Å². The van der Waals surface area contributed by atoms with Crippen molar-refractivity contribution in [3.05, 3.63) is 34.2 Å². The zero-order valence-corrected chi connectivity index (χ0v) is 13.3. The van der Waals surface area contributed by atoms with Gasteiger partial charge in [0.2, 0.25) is 5.91 Å². The number of nitrogens with zero attached hydrogens (tertiary/aromatic N) is 1. The van der Waals surface area contributed by atoms with Crippen LogP contribution in [0, 0.1) is 12.8 Å². The molecule has 3 rings (SSSR count). The second-order valence-electron chi connectivity index (χ2n) is 5.33. The molecule has 0 aliphatic heterocycles. The molecule has 2 heterocycles. The molecule has 7 heteroatoms. The molecule has 1 atom stereocenters. The fraction of sp³-hybridized carbons (Fsp3) is 0.400. The average Bonchev–Trinajstić information content (AvgIpc) is 3.10. The Balaban J connectivity index is 1.71. The number of nitrogens with one attached hydrogen (secondary N) is 2. The highest BCUT2D eigenvalue weighted by atomic mass is 32.1. The molecule has 0 saturated heterocycles. The Kier molecular flexibility index (Phi) is 3.98. The number of H-pyrrole nitrogens is 1. The molecule has 1 unspecified atom stereocenters. The van der Waals surface area contributed by atoms with Crippen molar-refractivity contribution < 1.29 is 14.3 Å². The standard InChI is InChI=1S/C15H17N3O3S/c1-8-16-11-4-3-9(7-12(11)17-8)13(19)18-14-10(5-6-22-14)15(20)21-2/h5-6,9H,3-4,7H2,1-2H3,(H,16,17)(H,18,19). The number of aromatic nitrogens is 2. The van der Waals surface area contributed by atoms with Crippen molar-refractivity contribution in [2.45, 2.75) is 26.2 Å². The first-order valence-corrected chi connectivity index (χ1v) is 7.97. The minimum absolute atomic E-state index is 0.0643. The number of hydrogen-bond donors (Lipinski definition) is 2. The van der Waals surface area contributed by atoms with E-state index in [-0.39, 0.29) is 11.8 Å². The quantitative estimate of drug-likeness (QED) is 0.850. The van der Waals surface area contributed by atoms with Crippen molar-refractivity contribution in [3.63, 3.8) is 0 Å². The first-order chi connectivity index (χ1) is 10.6. The lowest BCUT2D eigenvalue weighted by atomic mass is 9.89. The molecule has 2 aromatic rings. The van der Waals surface area contributed by atoms with Crippen LogP contribution in [0.4, 0.5) is 5.00 Å². The van der Waals surface area contributed by atoms with Gasteiger partial charge in [0.05, 0.1) is 18.4 Å². The summed E-state index contributed by atoms with van der Waals surface area (Å²) in [7, 11) is 1.33. The van der Waals surface area contributed by atoms with Crippen molar-refractivity contribution in [1.82, 2.24) is 9.97 Å². The maximum atomic E-state index is 12.5. The van der Waals surface area contributed by atoms with Crippen LogP contribution in [0.25, 0.3) is 0 Å². The van der Waals surface area contributed by atoms with E-state index in [4.69, 9.17) is 4.74 Å². The molecule has 1 aliphatic carbocycles. The molecule has 2 N–H and O–H groups in total. The summed E-state index contributed by atoms with van der Waals surface area (Å²) in [6, 6.07) is 1.66. The first-order valence-electron chi connectivity index (χ1n) is 7.09. The second kappa shape index (κ2) is 5.92. The SMILES string of the molecule is COC(=O)c1ccsc1NC(=O)C1CCc2nc(C)[nH]c2C1. The Morgan fingerprint density at radius 2 is 2.32 bits per heavy atom. The van der Waals surface area contributed by atoms with E-state index in [9.17, 15) is 9.59 Å². The summed E-state index contributed by atoms with van der Waals surface area (Å²) in [4.78, 5) is 31.7. The number of aromatic amines is 1. The van der Waals surface area contributed by atoms with Gasteiger partial charge >= 0.3 is 5.97 Å². The van der Waals surface area contributed by atoms with E-state index in [0.29, 0.717) is 17.0 Å². The van der Waals surface area contributed by atoms with Crippen LogP contribution in [0.5, 0.6) is 0 Å². The highest BCUT2D eigenvalue weighted by molar-refractivity contribution is 7.14. The van der Waals surface area contributed by atoms with E-state index in [2.05, 4.69) is 15.3 Å². The van der Waals surface area contributed by atoms with Gasteiger partial charge in [-0.05, 0) is 31.2 Å². The fourth-order valence-corrected chi connectivity index (χ4v) is 3.52. The predicted octanol–water partition coefficient (Wildman–Crippen LogP) is 2.31. The Labute approximate surface area is 131 Å². The third-order valence-electron chi connectivity index (χ3n) is 3.84. The van der Waals surface area contributed by atoms with Crippen molar-refractivity contribution in [2.75, 3.05) is 12.4 Å². The molecule has 1 aliphatic rings. The number of ether oxygens (including phenoxy) is 1. The average molecular weight is 319 g/mol. The number of aryl methyl sites for hydroxylation is 2. The van der Waals surface area contributed by atoms with Gasteiger partial charge in [-0.3, -0.25) is 4.79 Å². The minimum atomic E-state index is -0.438. The van der Waals surface area contributed by atoms with Gasteiger partial charge in [0.25, 0.3) is 0 Å². The van der Waals surface area contributed by atoms with E-state index in [0.717, 1.165) is 30.1 Å². The van der Waals surface area contributed by atoms with Crippen molar-refractivity contribution in [1.29, 1.82) is 0 Å². The molecule has 22 heavy (non-hydrogen) atoms. The number of thiophene rings is 1. The fourth-order valence-electron chi connectivity index (χ4n) is 2.74. The topological polar surface area (TPSA) is 84.1 Å². The molecule has 0 bridgehead atoms. The lowest BCUT2D eigenvalue weighted by molar-refractivity contribution is -0.120. The summed E-state index contributed by atoms with van der Waals surface area (Å²) in [6.07, 6.45) is 2.22. The Morgan fingerprint density at radius 3 is 3.09 bits per heavy atom. The van der Waals surface area contributed by atoms with Crippen LogP contribution in [-0.4, -0.2) is 29.0 Å². The van der Waals surface area contributed by atoms with Gasteiger partial charge in [-0.15, -0.1) is 11.3 Å². The van der Waals surface area contributed by atoms with E-state index >= 15 is 0 Å². The van der Waals surface area contributed by atoms with Gasteiger partial charge in [0.15, 0.2) is 0 Å². The van der Waals surface area contributed by atoms with Gasteiger partial charge in [-0.2, -0.15) is 0 Å². The number of rotatable bonds is 3. The Bertz CT molecular complexity index is 719. The molecule has 6 nitrogen and oxygen atoms in total. The normalized spacial score (nSPS) is 16.9. The molecule has 0 fully saturated rings. The lowest BCUT2D eigenvalue weighted by Gasteiger charge is -2.20. The Morgan fingerprint density at radius 1 is 1.50 bits per heavy atom. The zero-order valence-electron chi connectivity index (χ0n) is 12.4. The summed E-state index contributed by atoms with van der Waals surface area (Å²) in [5.74, 6) is 0.273. The van der Waals surface area contributed by atoms with Crippen LogP contribution >= 0.6 is 11.3 Å². The molecule has 116 valence electrons. The minimum Gasteiger partial charge on any atom is -0.465 e. The summed E-state index contributed by atoms with van der Waals surface area (Å²) >= 11 is 1.32. The van der Waals surface area contributed by atoms with Crippen LogP contribution in [0.3, 0.4) is 0 Å². The predicted molar refractivity (Wildman–Crippen MR) is 83.1 cm³/mol. The summed E-state index contributed by atoms with van der Waals surface area (Å²) in [6.45, 7) is 1.92. The number of hydrogen-bond acceptors (Lipinski definition) is 5. The number of esters is 1. The number of amides is 1. The van der Waals surface area contributed by atoms with E-state index in [1.807, 2.05) is 6.92 Å². The number of anilines is 1. The van der Waals surface area contributed by atoms with Crippen LogP contribution in [0.1, 0.15) is 34.0 Å². The molecule has 0 radical (unpaired) electrons. The number of carbonyl (C=O) groups excluding carboxylic acids is 2. The molecular weight excluding hydrogens is 302 g/mol. The smallest absolute Gasteiger partial charge is 0.340 e. The van der Waals surface area contributed by atoms with Crippen LogP contribution in [0.15, 0.2) is 11.4 Å². The molecule has 0 aromatic carbocycles. The van der Waals surface area contributed by atoms with E-state index < -0.39 is 5.97 Å². The maximum Gasteiger partial charge on any atom is 0.340 e. The molecule has 0 spiro atoms. The number of fused-ring (bicyclic) bond motifs is 1. The summed E-state index contributed by atoms with van der Waals surface area (Å²) < 4.78 is 4.71. The van der Waals surface area contributed by atoms with E-state index in [1.54, 1.807) is 11.4 Å². The summed E-state index contributed by atoms with van der Waals surface area (Å²) in [5.41, 5.74) is 2.51. The van der Waals surface area contributed by atoms with Gasteiger partial charge in [-0.25, -0.2) is 9.78 Å². The third kappa shape index (κ3) is 2.76.